The Morgan fingerprint density at radius 3 is 2.60 bits per heavy atom. The molecule has 0 unspecified atom stereocenters. The van der Waals surface area contributed by atoms with Crippen molar-refractivity contribution in [2.24, 2.45) is 0 Å². The highest BCUT2D eigenvalue weighted by atomic mass is 16.5. The van der Waals surface area contributed by atoms with E-state index in [9.17, 15) is 0 Å². The number of aryl methyl sites for hydroxylation is 2. The van der Waals surface area contributed by atoms with Crippen LogP contribution in [0, 0.1) is 13.8 Å². The zero-order chi connectivity index (χ0) is 10.8. The van der Waals surface area contributed by atoms with Crippen molar-refractivity contribution in [3.05, 3.63) is 23.3 Å². The lowest BCUT2D eigenvalue weighted by atomic mass is 10.0. The van der Waals surface area contributed by atoms with Gasteiger partial charge >= 0.3 is 0 Å². The number of aromatic nitrogens is 4. The average molecular weight is 204 g/mol. The zero-order valence-electron chi connectivity index (χ0n) is 8.90. The van der Waals surface area contributed by atoms with E-state index in [1.165, 1.54) is 0 Å². The van der Waals surface area contributed by atoms with E-state index in [4.69, 9.17) is 4.74 Å². The van der Waals surface area contributed by atoms with E-state index < -0.39 is 0 Å². The van der Waals surface area contributed by atoms with Gasteiger partial charge in [0.15, 0.2) is 0 Å². The number of ether oxygens (including phenoxy) is 1. The third-order valence-corrected chi connectivity index (χ3v) is 2.33. The van der Waals surface area contributed by atoms with Crippen molar-refractivity contribution in [1.29, 1.82) is 0 Å². The maximum Gasteiger partial charge on any atom is 0.204 e. The maximum absolute atomic E-state index is 5.23. The molecule has 0 fully saturated rings. The Morgan fingerprint density at radius 2 is 2.00 bits per heavy atom. The summed E-state index contributed by atoms with van der Waals surface area (Å²) in [4.78, 5) is 0. The molecule has 2 aromatic rings. The number of methoxy groups -OCH3 is 1. The van der Waals surface area contributed by atoms with Crippen molar-refractivity contribution in [1.82, 2.24) is 20.6 Å². The largest absolute Gasteiger partial charge is 0.496 e. The molecule has 1 aromatic heterocycles. The molecule has 1 aromatic carbocycles. The first kappa shape index (κ1) is 9.64. The molecule has 0 saturated carbocycles. The predicted octanol–water partition coefficient (Wildman–Crippen LogP) is 1.49. The summed E-state index contributed by atoms with van der Waals surface area (Å²) in [5, 5.41) is 13.9. The van der Waals surface area contributed by atoms with Crippen LogP contribution in [0.1, 0.15) is 11.1 Å². The minimum Gasteiger partial charge on any atom is -0.496 e. The Labute approximate surface area is 87.5 Å². The van der Waals surface area contributed by atoms with E-state index >= 15 is 0 Å². The van der Waals surface area contributed by atoms with Crippen LogP contribution >= 0.6 is 0 Å². The summed E-state index contributed by atoms with van der Waals surface area (Å²) in [5.74, 6) is 1.48. The second kappa shape index (κ2) is 3.68. The number of aromatic amines is 1. The third-order valence-electron chi connectivity index (χ3n) is 2.33. The Kier molecular flexibility index (Phi) is 2.37. The fraction of sp³-hybridized carbons (Fsp3) is 0.300. The Morgan fingerprint density at radius 1 is 1.20 bits per heavy atom. The van der Waals surface area contributed by atoms with Gasteiger partial charge in [-0.25, -0.2) is 0 Å². The smallest absolute Gasteiger partial charge is 0.204 e. The molecule has 0 aliphatic carbocycles. The molecule has 0 spiro atoms. The van der Waals surface area contributed by atoms with E-state index in [0.717, 1.165) is 22.4 Å². The van der Waals surface area contributed by atoms with E-state index in [1.807, 2.05) is 26.0 Å². The highest BCUT2D eigenvalue weighted by Gasteiger charge is 2.09. The molecule has 0 bridgehead atoms. The summed E-state index contributed by atoms with van der Waals surface area (Å²) >= 11 is 0. The Bertz CT molecular complexity index is 465. The number of benzene rings is 1. The van der Waals surface area contributed by atoms with Crippen LogP contribution in [0.2, 0.25) is 0 Å². The first-order chi connectivity index (χ1) is 7.22. The summed E-state index contributed by atoms with van der Waals surface area (Å²) in [7, 11) is 1.66. The second-order valence-electron chi connectivity index (χ2n) is 3.37. The van der Waals surface area contributed by atoms with Gasteiger partial charge in [-0.15, -0.1) is 10.2 Å². The van der Waals surface area contributed by atoms with Crippen LogP contribution in [0.4, 0.5) is 0 Å². The molecule has 0 amide bonds. The minimum atomic E-state index is 0.609. The number of H-pyrrole nitrogens is 1. The van der Waals surface area contributed by atoms with Crippen LogP contribution < -0.4 is 4.74 Å². The zero-order valence-corrected chi connectivity index (χ0v) is 8.90. The molecule has 1 N–H and O–H groups in total. The van der Waals surface area contributed by atoms with Crippen LogP contribution in [0.15, 0.2) is 12.1 Å². The highest BCUT2D eigenvalue weighted by Crippen LogP contribution is 2.27. The molecular formula is C10H12N4O. The molecule has 1 heterocycles. The monoisotopic (exact) mass is 204 g/mol. The fourth-order valence-corrected chi connectivity index (χ4v) is 1.53. The van der Waals surface area contributed by atoms with Gasteiger partial charge in [0.1, 0.15) is 5.75 Å². The van der Waals surface area contributed by atoms with Crippen molar-refractivity contribution < 1.29 is 4.74 Å². The SMILES string of the molecule is COc1cc(C)c(-c2nn[nH]n2)cc1C. The predicted molar refractivity (Wildman–Crippen MR) is 55.6 cm³/mol. The van der Waals surface area contributed by atoms with Crippen LogP contribution in [-0.4, -0.2) is 27.7 Å². The Balaban J connectivity index is 2.55. The minimum absolute atomic E-state index is 0.609. The molecule has 2 rings (SSSR count). The molecule has 0 atom stereocenters. The lowest BCUT2D eigenvalue weighted by molar-refractivity contribution is 0.411. The quantitative estimate of drug-likeness (QED) is 0.805. The van der Waals surface area contributed by atoms with Crippen LogP contribution in [0.25, 0.3) is 11.4 Å². The average Bonchev–Trinajstić information content (AvgIpc) is 2.74. The molecule has 0 saturated heterocycles. The molecular weight excluding hydrogens is 192 g/mol. The molecule has 78 valence electrons. The van der Waals surface area contributed by atoms with Crippen molar-refractivity contribution in [2.75, 3.05) is 7.11 Å². The number of nitrogens with zero attached hydrogens (tertiary/aromatic N) is 3. The summed E-state index contributed by atoms with van der Waals surface area (Å²) in [6.07, 6.45) is 0. The fourth-order valence-electron chi connectivity index (χ4n) is 1.53. The van der Waals surface area contributed by atoms with E-state index in [0.29, 0.717) is 5.82 Å². The molecule has 0 aliphatic rings. The first-order valence-electron chi connectivity index (χ1n) is 4.61. The standard InChI is InChI=1S/C10H12N4O/c1-6-5-9(15-3)7(2)4-8(6)10-11-13-14-12-10/h4-5H,1-3H3,(H,11,12,13,14). The summed E-state index contributed by atoms with van der Waals surface area (Å²) < 4.78 is 5.23. The summed E-state index contributed by atoms with van der Waals surface area (Å²) in [6, 6.07) is 3.97. The summed E-state index contributed by atoms with van der Waals surface area (Å²) in [5.41, 5.74) is 3.10. The molecule has 0 radical (unpaired) electrons. The number of rotatable bonds is 2. The van der Waals surface area contributed by atoms with Gasteiger partial charge in [-0.1, -0.05) is 0 Å². The molecule has 5 heteroatoms. The van der Waals surface area contributed by atoms with Crippen LogP contribution in [-0.2, 0) is 0 Å². The van der Waals surface area contributed by atoms with Crippen molar-refractivity contribution in [3.8, 4) is 17.1 Å². The third kappa shape index (κ3) is 1.68. The molecule has 0 aliphatic heterocycles. The van der Waals surface area contributed by atoms with E-state index in [2.05, 4.69) is 20.6 Å². The molecule has 15 heavy (non-hydrogen) atoms. The van der Waals surface area contributed by atoms with Gasteiger partial charge in [-0.2, -0.15) is 5.21 Å². The van der Waals surface area contributed by atoms with Gasteiger partial charge in [0.05, 0.1) is 7.11 Å². The number of tetrazole rings is 1. The lowest BCUT2D eigenvalue weighted by Gasteiger charge is -2.08. The van der Waals surface area contributed by atoms with Gasteiger partial charge in [-0.3, -0.25) is 0 Å². The second-order valence-corrected chi connectivity index (χ2v) is 3.37. The summed E-state index contributed by atoms with van der Waals surface area (Å²) in [6.45, 7) is 3.98. The van der Waals surface area contributed by atoms with E-state index in [1.54, 1.807) is 7.11 Å². The van der Waals surface area contributed by atoms with Crippen molar-refractivity contribution in [3.63, 3.8) is 0 Å². The number of hydrogen-bond donors (Lipinski definition) is 1. The van der Waals surface area contributed by atoms with Gasteiger partial charge in [0.25, 0.3) is 0 Å². The van der Waals surface area contributed by atoms with Gasteiger partial charge < -0.3 is 4.74 Å². The first-order valence-corrected chi connectivity index (χ1v) is 4.61. The van der Waals surface area contributed by atoms with Gasteiger partial charge in [-0.05, 0) is 42.3 Å². The number of nitrogens with one attached hydrogen (secondary N) is 1. The van der Waals surface area contributed by atoms with Crippen molar-refractivity contribution >= 4 is 0 Å². The van der Waals surface area contributed by atoms with Gasteiger partial charge in [0.2, 0.25) is 5.82 Å². The van der Waals surface area contributed by atoms with Crippen molar-refractivity contribution in [2.45, 2.75) is 13.8 Å². The van der Waals surface area contributed by atoms with E-state index in [-0.39, 0.29) is 0 Å². The molecule has 5 nitrogen and oxygen atoms in total. The topological polar surface area (TPSA) is 63.7 Å². The normalized spacial score (nSPS) is 10.3. The van der Waals surface area contributed by atoms with Crippen LogP contribution in [0.5, 0.6) is 5.75 Å². The number of hydrogen-bond acceptors (Lipinski definition) is 4. The highest BCUT2D eigenvalue weighted by molar-refractivity contribution is 5.62. The van der Waals surface area contributed by atoms with Gasteiger partial charge in [0, 0.05) is 5.56 Å². The Hall–Kier alpha value is -1.91. The van der Waals surface area contributed by atoms with Crippen LogP contribution in [0.3, 0.4) is 0 Å². The maximum atomic E-state index is 5.23. The lowest BCUT2D eigenvalue weighted by Crippen LogP contribution is -1.92.